The van der Waals surface area contributed by atoms with E-state index in [1.54, 1.807) is 0 Å². The second-order valence-corrected chi connectivity index (χ2v) is 9.43. The molecule has 2 aliphatic rings. The maximum atomic E-state index is 2.48. The van der Waals surface area contributed by atoms with Crippen LogP contribution in [-0.2, 0) is 0 Å². The van der Waals surface area contributed by atoms with Crippen molar-refractivity contribution in [2.45, 2.75) is 0 Å². The molecule has 6 aromatic carbocycles. The molecular weight excluding hydrogens is 436 g/mol. The van der Waals surface area contributed by atoms with Crippen molar-refractivity contribution in [3.05, 3.63) is 133 Å². The molecule has 0 unspecified atom stereocenters. The van der Waals surface area contributed by atoms with Crippen molar-refractivity contribution < 1.29 is 0 Å². The lowest BCUT2D eigenvalue weighted by Gasteiger charge is -2.27. The molecule has 0 saturated heterocycles. The Bertz CT molecular complexity index is 2020. The number of hydrogen-bond donors (Lipinski definition) is 0. The quantitative estimate of drug-likeness (QED) is 0.181. The van der Waals surface area contributed by atoms with Gasteiger partial charge in [0.05, 0.1) is 27.8 Å². The predicted octanol–water partition coefficient (Wildman–Crippen LogP) is 8.99. The topological polar surface area (TPSA) is 9.86 Å². The van der Waals surface area contributed by atoms with Gasteiger partial charge in [-0.2, -0.15) is 0 Å². The summed E-state index contributed by atoms with van der Waals surface area (Å²) in [6.45, 7) is 0. The van der Waals surface area contributed by atoms with Crippen LogP contribution in [0.2, 0.25) is 0 Å². The molecule has 0 aliphatic carbocycles. The largest absolute Gasteiger partial charge is 0.306 e. The summed E-state index contributed by atoms with van der Waals surface area (Å²) in [7, 11) is 0. The minimum absolute atomic E-state index is 1.16. The van der Waals surface area contributed by atoms with Crippen molar-refractivity contribution in [2.75, 3.05) is 0 Å². The van der Waals surface area contributed by atoms with Gasteiger partial charge in [-0.3, -0.25) is 0 Å². The predicted molar refractivity (Wildman–Crippen MR) is 152 cm³/mol. The molecule has 0 amide bonds. The molecular formula is C34H22N2. The van der Waals surface area contributed by atoms with Crippen LogP contribution in [0.25, 0.3) is 66.1 Å². The minimum atomic E-state index is 1.16. The van der Waals surface area contributed by atoms with E-state index in [9.17, 15) is 0 Å². The summed E-state index contributed by atoms with van der Waals surface area (Å²) in [4.78, 5) is 0. The summed E-state index contributed by atoms with van der Waals surface area (Å²) < 4.78 is 4.90. The zero-order valence-electron chi connectivity index (χ0n) is 19.6. The molecule has 0 N–H and O–H groups in total. The van der Waals surface area contributed by atoms with Crippen molar-refractivity contribution in [2.24, 2.45) is 0 Å². The Labute approximate surface area is 208 Å². The second kappa shape index (κ2) is 7.34. The zero-order valence-corrected chi connectivity index (χ0v) is 19.6. The normalized spacial score (nSPS) is 11.9. The number of rotatable bonds is 2. The number of para-hydroxylation sites is 2. The molecule has 0 radical (unpaired) electrons. The Balaban J connectivity index is 1.67. The molecule has 0 aromatic heterocycles. The number of fused-ring (bicyclic) bond motifs is 4. The number of nitrogens with zero attached hydrogens (tertiary/aromatic N) is 2. The van der Waals surface area contributed by atoms with Crippen molar-refractivity contribution in [1.82, 2.24) is 9.13 Å². The van der Waals surface area contributed by atoms with E-state index in [0.717, 1.165) is 5.69 Å². The molecule has 2 heteroatoms. The van der Waals surface area contributed by atoms with Gasteiger partial charge >= 0.3 is 0 Å². The molecule has 0 bridgehead atoms. The molecule has 2 heterocycles. The Morgan fingerprint density at radius 1 is 0.389 bits per heavy atom. The van der Waals surface area contributed by atoms with Crippen molar-refractivity contribution in [3.63, 3.8) is 0 Å². The van der Waals surface area contributed by atoms with E-state index < -0.39 is 0 Å². The number of benzene rings is 6. The third kappa shape index (κ3) is 2.61. The first-order valence-corrected chi connectivity index (χ1v) is 12.4. The fourth-order valence-electron chi connectivity index (χ4n) is 5.95. The first-order chi connectivity index (χ1) is 17.9. The van der Waals surface area contributed by atoms with E-state index in [-0.39, 0.29) is 0 Å². The van der Waals surface area contributed by atoms with Gasteiger partial charge < -0.3 is 9.13 Å². The molecule has 8 rings (SSSR count). The van der Waals surface area contributed by atoms with Gasteiger partial charge in [0.15, 0.2) is 0 Å². The average molecular weight is 459 g/mol. The summed E-state index contributed by atoms with van der Waals surface area (Å²) in [6, 6.07) is 48.3. The van der Waals surface area contributed by atoms with Crippen LogP contribution in [0, 0.1) is 0 Å². The van der Waals surface area contributed by atoms with Crippen LogP contribution in [0.5, 0.6) is 0 Å². The van der Waals surface area contributed by atoms with Gasteiger partial charge in [0.25, 0.3) is 0 Å². The van der Waals surface area contributed by atoms with E-state index in [2.05, 4.69) is 143 Å². The highest BCUT2D eigenvalue weighted by atomic mass is 15.1. The maximum Gasteiger partial charge on any atom is 0.0782 e. The molecule has 168 valence electrons. The van der Waals surface area contributed by atoms with Gasteiger partial charge in [0.2, 0.25) is 0 Å². The van der Waals surface area contributed by atoms with Gasteiger partial charge in [-0.1, -0.05) is 97.1 Å². The second-order valence-electron chi connectivity index (χ2n) is 9.43. The van der Waals surface area contributed by atoms with E-state index in [0.29, 0.717) is 0 Å². The molecule has 0 atom stereocenters. The van der Waals surface area contributed by atoms with Gasteiger partial charge in [0.1, 0.15) is 0 Å². The lowest BCUT2D eigenvalue weighted by Crippen LogP contribution is -2.12. The van der Waals surface area contributed by atoms with E-state index in [1.807, 2.05) is 0 Å². The fourth-order valence-corrected chi connectivity index (χ4v) is 5.95. The highest BCUT2D eigenvalue weighted by molar-refractivity contribution is 6.20. The summed E-state index contributed by atoms with van der Waals surface area (Å²) in [5.41, 5.74) is 9.66. The molecule has 36 heavy (non-hydrogen) atoms. The van der Waals surface area contributed by atoms with E-state index in [1.165, 1.54) is 60.4 Å². The van der Waals surface area contributed by atoms with Gasteiger partial charge in [-0.25, -0.2) is 0 Å². The lowest BCUT2D eigenvalue weighted by atomic mass is 9.97. The Hall–Kier alpha value is -4.82. The SMILES string of the molecule is c1ccc(-c2ccc3c(c2)n(-c2ccccc2)c2cccc4c2-n3c2cccc3cccc4c32)cc1. The Kier molecular flexibility index (Phi) is 3.97. The number of aromatic nitrogens is 2. The summed E-state index contributed by atoms with van der Waals surface area (Å²) in [5.74, 6) is 0. The van der Waals surface area contributed by atoms with Crippen LogP contribution in [0.3, 0.4) is 0 Å². The third-order valence-corrected chi connectivity index (χ3v) is 7.47. The third-order valence-electron chi connectivity index (χ3n) is 7.47. The standard InChI is InChI=1S/C34H22N2/c1-3-10-23(11-4-1)25-20-21-29-32(22-25)35(26-14-5-2-6-15-26)31-19-9-17-28-27-16-7-12-24-13-8-18-30(33(24)27)36(29)34(28)31/h1-22H. The van der Waals surface area contributed by atoms with Gasteiger partial charge in [-0.05, 0) is 58.3 Å². The van der Waals surface area contributed by atoms with Crippen LogP contribution in [0.1, 0.15) is 0 Å². The summed E-state index contributed by atoms with van der Waals surface area (Å²) in [5, 5.41) is 5.16. The molecule has 0 spiro atoms. The molecule has 2 aliphatic heterocycles. The first-order valence-electron chi connectivity index (χ1n) is 12.4. The first kappa shape index (κ1) is 19.5. The van der Waals surface area contributed by atoms with Crippen molar-refractivity contribution in [1.29, 1.82) is 0 Å². The minimum Gasteiger partial charge on any atom is -0.306 e. The van der Waals surface area contributed by atoms with E-state index >= 15 is 0 Å². The summed E-state index contributed by atoms with van der Waals surface area (Å²) in [6.07, 6.45) is 0. The fraction of sp³-hybridized carbons (Fsp3) is 0. The molecule has 2 nitrogen and oxygen atoms in total. The van der Waals surface area contributed by atoms with Crippen LogP contribution in [0.4, 0.5) is 0 Å². The van der Waals surface area contributed by atoms with Gasteiger partial charge in [-0.15, -0.1) is 0 Å². The molecule has 6 aromatic rings. The molecule has 0 saturated carbocycles. The van der Waals surface area contributed by atoms with Crippen molar-refractivity contribution >= 4 is 43.6 Å². The Morgan fingerprint density at radius 2 is 1.08 bits per heavy atom. The van der Waals surface area contributed by atoms with Gasteiger partial charge in [0, 0.05) is 16.5 Å². The summed E-state index contributed by atoms with van der Waals surface area (Å²) >= 11 is 0. The zero-order chi connectivity index (χ0) is 23.6. The number of pyridine rings is 1. The lowest BCUT2D eigenvalue weighted by molar-refractivity contribution is 1.08. The van der Waals surface area contributed by atoms with Crippen LogP contribution >= 0.6 is 0 Å². The highest BCUT2D eigenvalue weighted by Gasteiger charge is 2.22. The number of hydrogen-bond acceptors (Lipinski definition) is 0. The maximum absolute atomic E-state index is 2.48. The van der Waals surface area contributed by atoms with Crippen molar-refractivity contribution in [3.8, 4) is 22.5 Å². The highest BCUT2D eigenvalue weighted by Crippen LogP contribution is 2.42. The van der Waals surface area contributed by atoms with E-state index in [4.69, 9.17) is 0 Å². The Morgan fingerprint density at radius 3 is 1.92 bits per heavy atom. The smallest absolute Gasteiger partial charge is 0.0782 e. The van der Waals surface area contributed by atoms with Crippen LogP contribution in [-0.4, -0.2) is 9.13 Å². The van der Waals surface area contributed by atoms with Crippen LogP contribution in [0.15, 0.2) is 133 Å². The average Bonchev–Trinajstić information content (AvgIpc) is 2.95. The molecule has 0 fully saturated rings. The van der Waals surface area contributed by atoms with Crippen LogP contribution < -0.4 is 0 Å². The monoisotopic (exact) mass is 458 g/mol.